The van der Waals surface area contributed by atoms with Crippen LogP contribution in [0.2, 0.25) is 0 Å². The van der Waals surface area contributed by atoms with E-state index in [0.29, 0.717) is 18.3 Å². The molecule has 0 heterocycles. The molecule has 1 rings (SSSR count). The molecule has 1 atom stereocenters. The monoisotopic (exact) mass is 231 g/mol. The molecule has 1 aliphatic rings. The van der Waals surface area contributed by atoms with E-state index in [1.54, 1.807) is 11.8 Å². The third kappa shape index (κ3) is 3.74. The number of thioether (sulfide) groups is 1. The molecule has 1 amide bonds. The molecule has 1 fully saturated rings. The van der Waals surface area contributed by atoms with E-state index >= 15 is 0 Å². The number of carbonyl (C=O) groups excluding carboxylic acids is 1. The summed E-state index contributed by atoms with van der Waals surface area (Å²) >= 11 is 1.48. The van der Waals surface area contributed by atoms with Gasteiger partial charge in [-0.1, -0.05) is 6.92 Å². The summed E-state index contributed by atoms with van der Waals surface area (Å²) in [5, 5.41) is 8.80. The lowest BCUT2D eigenvalue weighted by molar-refractivity contribution is -0.142. The summed E-state index contributed by atoms with van der Waals surface area (Å²) < 4.78 is 0. The first kappa shape index (κ1) is 12.4. The molecule has 1 aliphatic carbocycles. The first-order valence-corrected chi connectivity index (χ1v) is 6.46. The molecule has 1 N–H and O–H groups in total. The number of carboxylic acid groups (broad SMARTS) is 1. The number of nitrogens with zero attached hydrogens (tertiary/aromatic N) is 1. The molecule has 0 aliphatic heterocycles. The number of carboxylic acids is 1. The number of hydrogen-bond donors (Lipinski definition) is 1. The fraction of sp³-hybridized carbons (Fsp3) is 0.800. The second-order valence-electron chi connectivity index (χ2n) is 3.95. The largest absolute Gasteiger partial charge is 0.481 e. The summed E-state index contributed by atoms with van der Waals surface area (Å²) in [4.78, 5) is 24.1. The molecular weight excluding hydrogens is 214 g/mol. The highest BCUT2D eigenvalue weighted by molar-refractivity contribution is 7.99. The molecule has 5 heteroatoms. The Kier molecular flexibility index (Phi) is 4.45. The van der Waals surface area contributed by atoms with Gasteiger partial charge in [0.15, 0.2) is 0 Å². The summed E-state index contributed by atoms with van der Waals surface area (Å²) in [5.41, 5.74) is 0. The van der Waals surface area contributed by atoms with Crippen molar-refractivity contribution in [2.75, 3.05) is 18.6 Å². The van der Waals surface area contributed by atoms with Gasteiger partial charge in [-0.3, -0.25) is 9.59 Å². The lowest BCUT2D eigenvalue weighted by Gasteiger charge is -2.24. The van der Waals surface area contributed by atoms with Crippen LogP contribution >= 0.6 is 11.8 Å². The average molecular weight is 231 g/mol. The third-order valence-electron chi connectivity index (χ3n) is 2.47. The highest BCUT2D eigenvalue weighted by atomic mass is 32.2. The van der Waals surface area contributed by atoms with Crippen molar-refractivity contribution < 1.29 is 14.7 Å². The molecular formula is C10H17NO3S. The molecule has 1 saturated carbocycles. The maximum atomic E-state index is 11.7. The Hall–Kier alpha value is -0.710. The minimum Gasteiger partial charge on any atom is -0.481 e. The van der Waals surface area contributed by atoms with Crippen molar-refractivity contribution in [3.8, 4) is 0 Å². The SMILES string of the molecule is CSCC(=O)N(CC(C)C(=O)O)C1CC1. The van der Waals surface area contributed by atoms with Crippen molar-refractivity contribution in [3.05, 3.63) is 0 Å². The van der Waals surface area contributed by atoms with Crippen LogP contribution in [0.5, 0.6) is 0 Å². The molecule has 0 aromatic heterocycles. The fourth-order valence-corrected chi connectivity index (χ4v) is 1.83. The topological polar surface area (TPSA) is 57.6 Å². The van der Waals surface area contributed by atoms with Crippen LogP contribution in [0.25, 0.3) is 0 Å². The zero-order valence-electron chi connectivity index (χ0n) is 9.10. The minimum absolute atomic E-state index is 0.0677. The van der Waals surface area contributed by atoms with E-state index < -0.39 is 11.9 Å². The molecule has 0 radical (unpaired) electrons. The molecule has 0 spiro atoms. The van der Waals surface area contributed by atoms with Gasteiger partial charge in [0.1, 0.15) is 0 Å². The molecule has 0 aromatic carbocycles. The number of aliphatic carboxylic acids is 1. The van der Waals surface area contributed by atoms with Crippen LogP contribution in [0.15, 0.2) is 0 Å². The van der Waals surface area contributed by atoms with Gasteiger partial charge in [0.05, 0.1) is 11.7 Å². The lowest BCUT2D eigenvalue weighted by Crippen LogP contribution is -2.39. The van der Waals surface area contributed by atoms with Crippen molar-refractivity contribution in [1.82, 2.24) is 4.90 Å². The summed E-state index contributed by atoms with van der Waals surface area (Å²) in [7, 11) is 0. The van der Waals surface area contributed by atoms with E-state index in [1.807, 2.05) is 6.26 Å². The first-order chi connectivity index (χ1) is 7.06. The van der Waals surface area contributed by atoms with Gasteiger partial charge in [-0.05, 0) is 19.1 Å². The zero-order chi connectivity index (χ0) is 11.4. The van der Waals surface area contributed by atoms with Gasteiger partial charge in [-0.15, -0.1) is 0 Å². The van der Waals surface area contributed by atoms with Gasteiger partial charge >= 0.3 is 5.97 Å². The molecule has 4 nitrogen and oxygen atoms in total. The minimum atomic E-state index is -0.836. The summed E-state index contributed by atoms with van der Waals surface area (Å²) in [5.74, 6) is -0.796. The van der Waals surface area contributed by atoms with Crippen molar-refractivity contribution in [3.63, 3.8) is 0 Å². The van der Waals surface area contributed by atoms with Crippen molar-refractivity contribution >= 4 is 23.6 Å². The van der Waals surface area contributed by atoms with E-state index in [9.17, 15) is 9.59 Å². The highest BCUT2D eigenvalue weighted by Crippen LogP contribution is 2.28. The molecule has 86 valence electrons. The zero-order valence-corrected chi connectivity index (χ0v) is 9.92. The van der Waals surface area contributed by atoms with Gasteiger partial charge < -0.3 is 10.0 Å². The van der Waals surface area contributed by atoms with Gasteiger partial charge in [0.25, 0.3) is 0 Å². The van der Waals surface area contributed by atoms with Crippen LogP contribution < -0.4 is 0 Å². The normalized spacial score (nSPS) is 17.2. The van der Waals surface area contributed by atoms with Gasteiger partial charge in [-0.2, -0.15) is 11.8 Å². The van der Waals surface area contributed by atoms with Crippen molar-refractivity contribution in [2.24, 2.45) is 5.92 Å². The molecule has 0 saturated heterocycles. The van der Waals surface area contributed by atoms with Gasteiger partial charge in [0, 0.05) is 12.6 Å². The fourth-order valence-electron chi connectivity index (χ4n) is 1.42. The number of rotatable bonds is 6. The maximum Gasteiger partial charge on any atom is 0.308 e. The molecule has 0 bridgehead atoms. The van der Waals surface area contributed by atoms with E-state index in [-0.39, 0.29) is 5.91 Å². The van der Waals surface area contributed by atoms with Crippen LogP contribution in [0.3, 0.4) is 0 Å². The highest BCUT2D eigenvalue weighted by Gasteiger charge is 2.33. The number of carbonyl (C=O) groups is 2. The van der Waals surface area contributed by atoms with E-state index in [2.05, 4.69) is 0 Å². The summed E-state index contributed by atoms with van der Waals surface area (Å²) in [6.07, 6.45) is 3.92. The van der Waals surface area contributed by atoms with Crippen LogP contribution in [0.4, 0.5) is 0 Å². The quantitative estimate of drug-likeness (QED) is 0.742. The Labute approximate surface area is 94.0 Å². The summed E-state index contributed by atoms with van der Waals surface area (Å²) in [6.45, 7) is 1.99. The van der Waals surface area contributed by atoms with Crippen LogP contribution in [-0.2, 0) is 9.59 Å². The average Bonchev–Trinajstić information content (AvgIpc) is 2.97. The Balaban J connectivity index is 2.50. The maximum absolute atomic E-state index is 11.7. The smallest absolute Gasteiger partial charge is 0.308 e. The standard InChI is InChI=1S/C10H17NO3S/c1-7(10(13)14)5-11(8-3-4-8)9(12)6-15-2/h7-8H,3-6H2,1-2H3,(H,13,14). The van der Waals surface area contributed by atoms with Crippen molar-refractivity contribution in [1.29, 1.82) is 0 Å². The van der Waals surface area contributed by atoms with E-state index in [1.165, 1.54) is 11.8 Å². The van der Waals surface area contributed by atoms with Gasteiger partial charge in [-0.25, -0.2) is 0 Å². The van der Waals surface area contributed by atoms with Crippen LogP contribution in [-0.4, -0.2) is 46.5 Å². The molecule has 1 unspecified atom stereocenters. The Morgan fingerprint density at radius 3 is 2.53 bits per heavy atom. The number of hydrogen-bond acceptors (Lipinski definition) is 3. The number of amides is 1. The lowest BCUT2D eigenvalue weighted by atomic mass is 10.1. The molecule has 0 aromatic rings. The second kappa shape index (κ2) is 5.39. The third-order valence-corrected chi connectivity index (χ3v) is 3.00. The Morgan fingerprint density at radius 2 is 2.13 bits per heavy atom. The summed E-state index contributed by atoms with van der Waals surface area (Å²) in [6, 6.07) is 0.298. The first-order valence-electron chi connectivity index (χ1n) is 5.07. The van der Waals surface area contributed by atoms with E-state index in [0.717, 1.165) is 12.8 Å². The Morgan fingerprint density at radius 1 is 1.53 bits per heavy atom. The van der Waals surface area contributed by atoms with Crippen LogP contribution in [0, 0.1) is 5.92 Å². The predicted molar refractivity (Wildman–Crippen MR) is 59.9 cm³/mol. The van der Waals surface area contributed by atoms with Crippen molar-refractivity contribution in [2.45, 2.75) is 25.8 Å². The second-order valence-corrected chi connectivity index (χ2v) is 4.82. The van der Waals surface area contributed by atoms with E-state index in [4.69, 9.17) is 5.11 Å². The van der Waals surface area contributed by atoms with Gasteiger partial charge in [0.2, 0.25) is 5.91 Å². The molecule has 15 heavy (non-hydrogen) atoms. The Bertz CT molecular complexity index is 253. The van der Waals surface area contributed by atoms with Crippen LogP contribution in [0.1, 0.15) is 19.8 Å². The predicted octanol–water partition coefficient (Wildman–Crippen LogP) is 1.06.